The fraction of sp³-hybridized carbons (Fsp3) is 0.600. The van der Waals surface area contributed by atoms with Crippen LogP contribution in [0.15, 0.2) is 15.9 Å². The molecule has 1 heterocycles. The van der Waals surface area contributed by atoms with Crippen molar-refractivity contribution in [2.45, 2.75) is 32.7 Å². The van der Waals surface area contributed by atoms with Crippen LogP contribution < -0.4 is 5.73 Å². The minimum absolute atomic E-state index is 0. The number of nitrogens with two attached hydrogens (primary N) is 1. The van der Waals surface area contributed by atoms with Gasteiger partial charge in [0.05, 0.1) is 0 Å². The van der Waals surface area contributed by atoms with Crippen LogP contribution in [0.25, 0.3) is 0 Å². The van der Waals surface area contributed by atoms with E-state index in [1.54, 1.807) is 11.3 Å². The van der Waals surface area contributed by atoms with Crippen LogP contribution in [-0.2, 0) is 0 Å². The van der Waals surface area contributed by atoms with E-state index in [-0.39, 0.29) is 18.4 Å². The van der Waals surface area contributed by atoms with Crippen molar-refractivity contribution in [2.24, 2.45) is 11.7 Å². The topological polar surface area (TPSA) is 26.0 Å². The van der Waals surface area contributed by atoms with Gasteiger partial charge in [-0.25, -0.2) is 0 Å². The Morgan fingerprint density at radius 2 is 2.07 bits per heavy atom. The minimum atomic E-state index is 0. The van der Waals surface area contributed by atoms with Gasteiger partial charge in [-0.15, -0.1) is 23.7 Å². The van der Waals surface area contributed by atoms with Crippen molar-refractivity contribution in [3.05, 3.63) is 20.8 Å². The number of rotatable bonds is 4. The molecule has 1 rings (SSSR count). The molecule has 0 radical (unpaired) electrons. The summed E-state index contributed by atoms with van der Waals surface area (Å²) in [6.45, 7) is 4.47. The highest BCUT2D eigenvalue weighted by atomic mass is 79.9. The maximum atomic E-state index is 6.05. The SMILES string of the molecule is CC(C)CC[C@@H](N)c1cc(Br)cs1.Cl. The lowest BCUT2D eigenvalue weighted by atomic mass is 10.0. The molecule has 2 N–H and O–H groups in total. The van der Waals surface area contributed by atoms with Crippen LogP contribution >= 0.6 is 39.7 Å². The molecule has 0 unspecified atom stereocenters. The first kappa shape index (κ1) is 14.4. The van der Waals surface area contributed by atoms with Crippen LogP contribution in [0.3, 0.4) is 0 Å². The van der Waals surface area contributed by atoms with E-state index in [2.05, 4.69) is 41.2 Å². The molecular formula is C10H17BrClNS. The maximum absolute atomic E-state index is 6.05. The number of hydrogen-bond acceptors (Lipinski definition) is 2. The van der Waals surface area contributed by atoms with Gasteiger partial charge in [0, 0.05) is 20.8 Å². The molecule has 0 amide bonds. The molecule has 0 aliphatic rings. The van der Waals surface area contributed by atoms with E-state index < -0.39 is 0 Å². The molecule has 0 aliphatic carbocycles. The lowest BCUT2D eigenvalue weighted by Gasteiger charge is -2.10. The second-order valence-electron chi connectivity index (χ2n) is 3.74. The van der Waals surface area contributed by atoms with Gasteiger partial charge in [0.25, 0.3) is 0 Å². The molecule has 82 valence electrons. The maximum Gasteiger partial charge on any atom is 0.0390 e. The summed E-state index contributed by atoms with van der Waals surface area (Å²) in [5, 5.41) is 2.09. The van der Waals surface area contributed by atoms with Gasteiger partial charge in [-0.2, -0.15) is 0 Å². The fourth-order valence-corrected chi connectivity index (χ4v) is 2.66. The smallest absolute Gasteiger partial charge is 0.0390 e. The molecule has 0 aliphatic heterocycles. The predicted octanol–water partition coefficient (Wildman–Crippen LogP) is 4.37. The molecule has 1 atom stereocenters. The summed E-state index contributed by atoms with van der Waals surface area (Å²) in [5.41, 5.74) is 6.05. The zero-order chi connectivity index (χ0) is 9.84. The van der Waals surface area contributed by atoms with Gasteiger partial charge in [-0.3, -0.25) is 0 Å². The molecule has 0 aromatic carbocycles. The van der Waals surface area contributed by atoms with Crippen LogP contribution in [0.4, 0.5) is 0 Å². The monoisotopic (exact) mass is 297 g/mol. The van der Waals surface area contributed by atoms with Gasteiger partial charge in [0.15, 0.2) is 0 Å². The summed E-state index contributed by atoms with van der Waals surface area (Å²) in [4.78, 5) is 1.28. The van der Waals surface area contributed by atoms with E-state index in [4.69, 9.17) is 5.73 Å². The highest BCUT2D eigenvalue weighted by molar-refractivity contribution is 9.10. The number of thiophene rings is 1. The number of halogens is 2. The van der Waals surface area contributed by atoms with Gasteiger partial charge in [0.2, 0.25) is 0 Å². The molecule has 0 saturated carbocycles. The molecule has 1 nitrogen and oxygen atoms in total. The second kappa shape index (κ2) is 6.83. The van der Waals surface area contributed by atoms with Crippen molar-refractivity contribution in [1.82, 2.24) is 0 Å². The van der Waals surface area contributed by atoms with Crippen molar-refractivity contribution in [3.8, 4) is 0 Å². The van der Waals surface area contributed by atoms with E-state index in [1.807, 2.05) is 0 Å². The van der Waals surface area contributed by atoms with Gasteiger partial charge < -0.3 is 5.73 Å². The zero-order valence-electron chi connectivity index (χ0n) is 8.50. The van der Waals surface area contributed by atoms with Crippen LogP contribution in [0.2, 0.25) is 0 Å². The molecule has 0 bridgehead atoms. The summed E-state index contributed by atoms with van der Waals surface area (Å²) >= 11 is 5.17. The highest BCUT2D eigenvalue weighted by Gasteiger charge is 2.08. The Kier molecular flexibility index (Phi) is 7.04. The van der Waals surface area contributed by atoms with E-state index in [9.17, 15) is 0 Å². The van der Waals surface area contributed by atoms with Crippen molar-refractivity contribution in [2.75, 3.05) is 0 Å². The lowest BCUT2D eigenvalue weighted by Crippen LogP contribution is -2.09. The lowest BCUT2D eigenvalue weighted by molar-refractivity contribution is 0.510. The molecule has 0 fully saturated rings. The van der Waals surface area contributed by atoms with E-state index >= 15 is 0 Å². The van der Waals surface area contributed by atoms with Gasteiger partial charge in [0.1, 0.15) is 0 Å². The Labute approximate surface area is 105 Å². The minimum Gasteiger partial charge on any atom is -0.323 e. The Morgan fingerprint density at radius 3 is 2.50 bits per heavy atom. The standard InChI is InChI=1S/C10H16BrNS.ClH/c1-7(2)3-4-9(12)10-5-8(11)6-13-10;/h5-7,9H,3-4,12H2,1-2H3;1H/t9-;/m1./s1. The summed E-state index contributed by atoms with van der Waals surface area (Å²) in [5.74, 6) is 0.745. The van der Waals surface area contributed by atoms with Crippen molar-refractivity contribution < 1.29 is 0 Å². The molecule has 1 aromatic rings. The van der Waals surface area contributed by atoms with Gasteiger partial charge in [-0.1, -0.05) is 13.8 Å². The normalized spacial score (nSPS) is 12.6. The Bertz CT molecular complexity index is 262. The van der Waals surface area contributed by atoms with E-state index in [1.165, 1.54) is 11.3 Å². The Morgan fingerprint density at radius 1 is 1.43 bits per heavy atom. The van der Waals surface area contributed by atoms with E-state index in [0.717, 1.165) is 16.8 Å². The summed E-state index contributed by atoms with van der Waals surface area (Å²) in [7, 11) is 0. The Balaban J connectivity index is 0.00000169. The molecule has 14 heavy (non-hydrogen) atoms. The fourth-order valence-electron chi connectivity index (χ4n) is 1.18. The summed E-state index contributed by atoms with van der Waals surface area (Å²) in [6.07, 6.45) is 2.29. The summed E-state index contributed by atoms with van der Waals surface area (Å²) < 4.78 is 1.15. The molecule has 4 heteroatoms. The van der Waals surface area contributed by atoms with E-state index in [0.29, 0.717) is 0 Å². The van der Waals surface area contributed by atoms with Gasteiger partial charge in [-0.05, 0) is 40.8 Å². The van der Waals surface area contributed by atoms with Crippen molar-refractivity contribution in [1.29, 1.82) is 0 Å². The molecular weight excluding hydrogens is 282 g/mol. The van der Waals surface area contributed by atoms with Gasteiger partial charge >= 0.3 is 0 Å². The Hall–Kier alpha value is 0.430. The third-order valence-corrected chi connectivity index (χ3v) is 3.83. The van der Waals surface area contributed by atoms with Crippen LogP contribution in [-0.4, -0.2) is 0 Å². The molecule has 0 spiro atoms. The van der Waals surface area contributed by atoms with Crippen molar-refractivity contribution >= 4 is 39.7 Å². The molecule has 1 aromatic heterocycles. The number of hydrogen-bond donors (Lipinski definition) is 1. The average Bonchev–Trinajstić information content (AvgIpc) is 2.47. The van der Waals surface area contributed by atoms with Crippen molar-refractivity contribution in [3.63, 3.8) is 0 Å². The van der Waals surface area contributed by atoms with Crippen LogP contribution in [0.5, 0.6) is 0 Å². The molecule has 0 saturated heterocycles. The van der Waals surface area contributed by atoms with Crippen LogP contribution in [0.1, 0.15) is 37.6 Å². The summed E-state index contributed by atoms with van der Waals surface area (Å²) in [6, 6.07) is 2.34. The van der Waals surface area contributed by atoms with Crippen LogP contribution in [0, 0.1) is 5.92 Å². The largest absolute Gasteiger partial charge is 0.323 e. The highest BCUT2D eigenvalue weighted by Crippen LogP contribution is 2.27. The third-order valence-electron chi connectivity index (χ3n) is 2.01. The zero-order valence-corrected chi connectivity index (χ0v) is 11.7. The first-order valence-corrected chi connectivity index (χ1v) is 6.26. The quantitative estimate of drug-likeness (QED) is 0.877. The first-order valence-electron chi connectivity index (χ1n) is 4.59. The first-order chi connectivity index (χ1) is 6.09. The third kappa shape index (κ3) is 4.78. The predicted molar refractivity (Wildman–Crippen MR) is 70.3 cm³/mol. The second-order valence-corrected chi connectivity index (χ2v) is 5.60. The average molecular weight is 299 g/mol.